The summed E-state index contributed by atoms with van der Waals surface area (Å²) in [5.74, 6) is -2.22. The molecule has 2 aromatic rings. The smallest absolute Gasteiger partial charge is 0.278 e. The number of aryl methyl sites for hydroxylation is 1. The fraction of sp³-hybridized carbons (Fsp3) is 0.714. The van der Waals surface area contributed by atoms with Gasteiger partial charge in [-0.3, -0.25) is 9.69 Å². The molecule has 7 nitrogen and oxygen atoms in total. The standard InChI is InChI=1S/C21H29F2N5O2S2/c1-13-26-27-19(31-13)10-18(29)24-15-4-3-14(9-15)5-7-28-8-6-17-16(11-28)25-20(32-17)30-12-21(2,22)23/h14-15H,3-12H2,1-2H3,(H,24,29)/t14-,15-/m0/s1. The van der Waals surface area contributed by atoms with Gasteiger partial charge >= 0.3 is 0 Å². The number of rotatable bonds is 9. The minimum atomic E-state index is -2.85. The number of hydrogen-bond acceptors (Lipinski definition) is 8. The average Bonchev–Trinajstić information content (AvgIpc) is 3.43. The highest BCUT2D eigenvalue weighted by Crippen LogP contribution is 2.32. The molecule has 4 rings (SSSR count). The Morgan fingerprint density at radius 1 is 1.31 bits per heavy atom. The van der Waals surface area contributed by atoms with Gasteiger partial charge in [-0.1, -0.05) is 11.3 Å². The highest BCUT2D eigenvalue weighted by molar-refractivity contribution is 7.13. The Morgan fingerprint density at radius 2 is 2.16 bits per heavy atom. The number of hydrogen-bond donors (Lipinski definition) is 1. The highest BCUT2D eigenvalue weighted by Gasteiger charge is 2.28. The number of aromatic nitrogens is 3. The normalized spacial score (nSPS) is 21.5. The lowest BCUT2D eigenvalue weighted by Gasteiger charge is -2.26. The second-order valence-corrected chi connectivity index (χ2v) is 11.2. The Balaban J connectivity index is 1.17. The third-order valence-electron chi connectivity index (χ3n) is 5.88. The Labute approximate surface area is 194 Å². The van der Waals surface area contributed by atoms with Crippen molar-refractivity contribution in [3.05, 3.63) is 20.6 Å². The van der Waals surface area contributed by atoms with E-state index < -0.39 is 12.5 Å². The van der Waals surface area contributed by atoms with Crippen molar-refractivity contribution in [2.45, 2.75) is 70.9 Å². The minimum absolute atomic E-state index is 0.0257. The van der Waals surface area contributed by atoms with E-state index in [4.69, 9.17) is 4.74 Å². The summed E-state index contributed by atoms with van der Waals surface area (Å²) in [5, 5.41) is 13.1. The molecule has 176 valence electrons. The lowest BCUT2D eigenvalue weighted by Crippen LogP contribution is -2.34. The number of ether oxygens (including phenoxy) is 1. The Bertz CT molecular complexity index is 930. The van der Waals surface area contributed by atoms with Gasteiger partial charge in [0.15, 0.2) is 6.61 Å². The van der Waals surface area contributed by atoms with Crippen LogP contribution in [0, 0.1) is 12.8 Å². The van der Waals surface area contributed by atoms with E-state index in [-0.39, 0.29) is 11.9 Å². The number of carbonyl (C=O) groups is 1. The van der Waals surface area contributed by atoms with Crippen molar-refractivity contribution in [2.75, 3.05) is 19.7 Å². The molecule has 1 amide bonds. The summed E-state index contributed by atoms with van der Waals surface area (Å²) in [6, 6.07) is 0.240. The van der Waals surface area contributed by atoms with Gasteiger partial charge in [0.25, 0.3) is 11.1 Å². The number of fused-ring (bicyclic) bond motifs is 1. The summed E-state index contributed by atoms with van der Waals surface area (Å²) >= 11 is 2.85. The predicted molar refractivity (Wildman–Crippen MR) is 119 cm³/mol. The number of nitrogens with one attached hydrogen (secondary N) is 1. The van der Waals surface area contributed by atoms with E-state index in [0.29, 0.717) is 17.5 Å². The van der Waals surface area contributed by atoms with E-state index >= 15 is 0 Å². The van der Waals surface area contributed by atoms with Gasteiger partial charge in [0.2, 0.25) is 5.91 Å². The zero-order chi connectivity index (χ0) is 22.7. The summed E-state index contributed by atoms with van der Waals surface area (Å²) in [5.41, 5.74) is 0.958. The first-order chi connectivity index (χ1) is 15.2. The molecule has 0 saturated heterocycles. The summed E-state index contributed by atoms with van der Waals surface area (Å²) in [6.45, 7) is 4.77. The van der Waals surface area contributed by atoms with E-state index in [2.05, 4.69) is 25.4 Å². The van der Waals surface area contributed by atoms with Gasteiger partial charge in [-0.15, -0.1) is 21.5 Å². The van der Waals surface area contributed by atoms with Crippen LogP contribution in [0.1, 0.15) is 53.2 Å². The quantitative estimate of drug-likeness (QED) is 0.585. The van der Waals surface area contributed by atoms with Crippen molar-refractivity contribution < 1.29 is 18.3 Å². The maximum absolute atomic E-state index is 13.0. The van der Waals surface area contributed by atoms with Gasteiger partial charge < -0.3 is 10.1 Å². The van der Waals surface area contributed by atoms with Crippen molar-refractivity contribution in [3.8, 4) is 5.19 Å². The third kappa shape index (κ3) is 6.64. The van der Waals surface area contributed by atoms with Gasteiger partial charge in [-0.05, 0) is 51.5 Å². The van der Waals surface area contributed by atoms with Crippen LogP contribution in [0.5, 0.6) is 5.19 Å². The molecular formula is C21H29F2N5O2S2. The maximum atomic E-state index is 13.0. The summed E-state index contributed by atoms with van der Waals surface area (Å²) < 4.78 is 31.2. The number of halogens is 2. The number of thiazole rings is 1. The van der Waals surface area contributed by atoms with Crippen molar-refractivity contribution >= 4 is 28.6 Å². The first-order valence-electron chi connectivity index (χ1n) is 11.0. The molecule has 11 heteroatoms. The predicted octanol–water partition coefficient (Wildman–Crippen LogP) is 3.61. The molecule has 0 radical (unpaired) electrons. The number of carbonyl (C=O) groups excluding carboxylic acids is 1. The molecule has 1 N–H and O–H groups in total. The van der Waals surface area contributed by atoms with Crippen LogP contribution < -0.4 is 10.1 Å². The van der Waals surface area contributed by atoms with Gasteiger partial charge in [0, 0.05) is 30.9 Å². The van der Waals surface area contributed by atoms with E-state index in [1.165, 1.54) is 22.7 Å². The van der Waals surface area contributed by atoms with Gasteiger partial charge in [0.1, 0.15) is 10.0 Å². The minimum Gasteiger partial charge on any atom is -0.464 e. The lowest BCUT2D eigenvalue weighted by atomic mass is 10.0. The highest BCUT2D eigenvalue weighted by atomic mass is 32.1. The third-order valence-corrected chi connectivity index (χ3v) is 7.78. The van der Waals surface area contributed by atoms with Crippen molar-refractivity contribution in [1.82, 2.24) is 25.4 Å². The molecule has 1 aliphatic carbocycles. The van der Waals surface area contributed by atoms with Gasteiger partial charge in [0.05, 0.1) is 12.1 Å². The average molecular weight is 486 g/mol. The molecule has 2 aliphatic rings. The van der Waals surface area contributed by atoms with E-state index in [9.17, 15) is 13.6 Å². The van der Waals surface area contributed by atoms with E-state index in [1.54, 1.807) is 0 Å². The molecule has 0 bridgehead atoms. The Morgan fingerprint density at radius 3 is 2.91 bits per heavy atom. The molecule has 0 spiro atoms. The fourth-order valence-corrected chi connectivity index (χ4v) is 5.94. The summed E-state index contributed by atoms with van der Waals surface area (Å²) in [6.07, 6.45) is 5.44. The molecule has 0 aromatic carbocycles. The molecule has 1 aliphatic heterocycles. The number of amides is 1. The summed E-state index contributed by atoms with van der Waals surface area (Å²) in [7, 11) is 0. The molecule has 1 fully saturated rings. The molecule has 0 unspecified atom stereocenters. The second-order valence-electron chi connectivity index (χ2n) is 8.86. The van der Waals surface area contributed by atoms with Crippen LogP contribution in [0.25, 0.3) is 0 Å². The topological polar surface area (TPSA) is 80.2 Å². The lowest BCUT2D eigenvalue weighted by molar-refractivity contribution is -0.121. The van der Waals surface area contributed by atoms with E-state index in [0.717, 1.165) is 79.2 Å². The van der Waals surface area contributed by atoms with Crippen LogP contribution in [0.4, 0.5) is 8.78 Å². The number of nitrogens with zero attached hydrogens (tertiary/aromatic N) is 4. The maximum Gasteiger partial charge on any atom is 0.278 e. The van der Waals surface area contributed by atoms with Crippen LogP contribution in [-0.2, 0) is 24.2 Å². The summed E-state index contributed by atoms with van der Waals surface area (Å²) in [4.78, 5) is 20.2. The second kappa shape index (κ2) is 10.0. The molecule has 32 heavy (non-hydrogen) atoms. The van der Waals surface area contributed by atoms with Crippen LogP contribution in [0.15, 0.2) is 0 Å². The van der Waals surface area contributed by atoms with Crippen LogP contribution >= 0.6 is 22.7 Å². The van der Waals surface area contributed by atoms with Crippen LogP contribution in [0.2, 0.25) is 0 Å². The Kier molecular flexibility index (Phi) is 7.36. The zero-order valence-electron chi connectivity index (χ0n) is 18.4. The van der Waals surface area contributed by atoms with Crippen LogP contribution in [0.3, 0.4) is 0 Å². The van der Waals surface area contributed by atoms with E-state index in [1.807, 2.05) is 6.92 Å². The molecule has 3 heterocycles. The monoisotopic (exact) mass is 485 g/mol. The first-order valence-corrected chi connectivity index (χ1v) is 12.7. The molecular weight excluding hydrogens is 456 g/mol. The van der Waals surface area contributed by atoms with Gasteiger partial charge in [-0.25, -0.2) is 13.8 Å². The molecule has 2 atom stereocenters. The van der Waals surface area contributed by atoms with Crippen molar-refractivity contribution in [3.63, 3.8) is 0 Å². The first kappa shape index (κ1) is 23.4. The largest absolute Gasteiger partial charge is 0.464 e. The fourth-order valence-electron chi connectivity index (χ4n) is 4.33. The number of alkyl halides is 2. The van der Waals surface area contributed by atoms with Crippen molar-refractivity contribution in [1.29, 1.82) is 0 Å². The molecule has 1 saturated carbocycles. The van der Waals surface area contributed by atoms with Gasteiger partial charge in [-0.2, -0.15) is 0 Å². The molecule has 2 aromatic heterocycles. The van der Waals surface area contributed by atoms with Crippen LogP contribution in [-0.4, -0.2) is 57.6 Å². The SMILES string of the molecule is Cc1nnc(CC(=O)N[C@H]2CC[C@@H](CCN3CCc4sc(OCC(C)(F)F)nc4C3)C2)s1. The van der Waals surface area contributed by atoms with Crippen molar-refractivity contribution in [2.24, 2.45) is 5.92 Å². The Hall–Kier alpha value is -1.72. The zero-order valence-corrected chi connectivity index (χ0v) is 20.0.